The number of halogens is 1. The molecule has 1 aliphatic rings. The molecule has 1 aromatic heterocycles. The number of aryl methyl sites for hydroxylation is 1. The molecule has 1 aliphatic carbocycles. The molecule has 1 N–H and O–H groups in total. The second-order valence-electron chi connectivity index (χ2n) is 4.23. The molecule has 0 radical (unpaired) electrons. The molecule has 1 atom stereocenters. The number of rotatable bonds is 6. The molecular weight excluding hydrogens is 226 g/mol. The summed E-state index contributed by atoms with van der Waals surface area (Å²) in [5.74, 6) is 0.934. The Hall–Kier alpha value is -0.0500. The quantitative estimate of drug-likeness (QED) is 0.803. The first-order chi connectivity index (χ1) is 7.31. The van der Waals surface area contributed by atoms with E-state index in [-0.39, 0.29) is 0 Å². The predicted molar refractivity (Wildman–Crippen MR) is 67.8 cm³/mol. The first-order valence-corrected chi connectivity index (χ1v) is 7.02. The zero-order chi connectivity index (χ0) is 10.7. The Kier molecular flexibility index (Phi) is 4.06. The summed E-state index contributed by atoms with van der Waals surface area (Å²) in [6.07, 6.45) is 5.19. The second-order valence-corrected chi connectivity index (χ2v) is 5.64. The largest absolute Gasteiger partial charge is 0.314 e. The molecule has 1 heterocycles. The van der Waals surface area contributed by atoms with Crippen LogP contribution in [0.5, 0.6) is 0 Å². The van der Waals surface area contributed by atoms with Crippen LogP contribution in [0.15, 0.2) is 11.4 Å². The van der Waals surface area contributed by atoms with Crippen LogP contribution in [0.2, 0.25) is 5.02 Å². The molecule has 1 fully saturated rings. The SMILES string of the molecule is CCNC(CCc1sccc1Cl)C1CC1. The van der Waals surface area contributed by atoms with E-state index in [0.29, 0.717) is 6.04 Å². The topological polar surface area (TPSA) is 12.0 Å². The minimum atomic E-state index is 0.716. The molecule has 0 spiro atoms. The van der Waals surface area contributed by atoms with Gasteiger partial charge in [-0.15, -0.1) is 11.3 Å². The van der Waals surface area contributed by atoms with E-state index in [2.05, 4.69) is 17.6 Å². The van der Waals surface area contributed by atoms with Crippen molar-refractivity contribution in [1.29, 1.82) is 0 Å². The van der Waals surface area contributed by atoms with E-state index in [1.54, 1.807) is 11.3 Å². The van der Waals surface area contributed by atoms with E-state index in [9.17, 15) is 0 Å². The summed E-state index contributed by atoms with van der Waals surface area (Å²) in [4.78, 5) is 1.35. The first kappa shape index (κ1) is 11.4. The second kappa shape index (κ2) is 5.33. The van der Waals surface area contributed by atoms with Crippen LogP contribution in [-0.2, 0) is 6.42 Å². The lowest BCUT2D eigenvalue weighted by molar-refractivity contribution is 0.447. The van der Waals surface area contributed by atoms with Crippen molar-refractivity contribution < 1.29 is 0 Å². The van der Waals surface area contributed by atoms with Crippen LogP contribution in [0.3, 0.4) is 0 Å². The number of hydrogen-bond donors (Lipinski definition) is 1. The van der Waals surface area contributed by atoms with Gasteiger partial charge < -0.3 is 5.32 Å². The monoisotopic (exact) mass is 243 g/mol. The molecule has 84 valence electrons. The highest BCUT2D eigenvalue weighted by atomic mass is 35.5. The average molecular weight is 244 g/mol. The molecule has 1 nitrogen and oxygen atoms in total. The third kappa shape index (κ3) is 3.20. The van der Waals surface area contributed by atoms with Crippen LogP contribution in [0.1, 0.15) is 31.1 Å². The molecule has 1 saturated carbocycles. The van der Waals surface area contributed by atoms with Crippen LogP contribution < -0.4 is 5.32 Å². The summed E-state index contributed by atoms with van der Waals surface area (Å²) in [6.45, 7) is 3.27. The molecule has 0 aliphatic heterocycles. The smallest absolute Gasteiger partial charge is 0.0544 e. The fourth-order valence-corrected chi connectivity index (χ4v) is 3.21. The summed E-state index contributed by atoms with van der Waals surface area (Å²) in [6, 6.07) is 2.72. The lowest BCUT2D eigenvalue weighted by atomic mass is 10.1. The molecule has 1 aromatic rings. The molecule has 0 aromatic carbocycles. The van der Waals surface area contributed by atoms with E-state index in [0.717, 1.165) is 23.9 Å². The van der Waals surface area contributed by atoms with Crippen molar-refractivity contribution in [3.63, 3.8) is 0 Å². The summed E-state index contributed by atoms with van der Waals surface area (Å²) < 4.78 is 0. The summed E-state index contributed by atoms with van der Waals surface area (Å²) in [5, 5.41) is 6.62. The van der Waals surface area contributed by atoms with Crippen molar-refractivity contribution in [3.05, 3.63) is 21.3 Å². The van der Waals surface area contributed by atoms with Crippen LogP contribution in [0.25, 0.3) is 0 Å². The predicted octanol–water partition coefficient (Wildman–Crippen LogP) is 3.72. The minimum Gasteiger partial charge on any atom is -0.314 e. The van der Waals surface area contributed by atoms with Gasteiger partial charge in [0.25, 0.3) is 0 Å². The Morgan fingerprint density at radius 1 is 1.60 bits per heavy atom. The van der Waals surface area contributed by atoms with Crippen molar-refractivity contribution in [1.82, 2.24) is 5.32 Å². The third-order valence-corrected chi connectivity index (χ3v) is 4.48. The average Bonchev–Trinajstić information content (AvgIpc) is 2.98. The van der Waals surface area contributed by atoms with E-state index in [4.69, 9.17) is 11.6 Å². The lowest BCUT2D eigenvalue weighted by Crippen LogP contribution is -2.31. The van der Waals surface area contributed by atoms with Gasteiger partial charge in [-0.25, -0.2) is 0 Å². The third-order valence-electron chi connectivity index (χ3n) is 3.03. The van der Waals surface area contributed by atoms with Crippen molar-refractivity contribution in [2.24, 2.45) is 5.92 Å². The van der Waals surface area contributed by atoms with Crippen LogP contribution in [0, 0.1) is 5.92 Å². The van der Waals surface area contributed by atoms with Gasteiger partial charge in [-0.2, -0.15) is 0 Å². The van der Waals surface area contributed by atoms with E-state index in [1.807, 2.05) is 6.07 Å². The Labute approximate surface area is 101 Å². The van der Waals surface area contributed by atoms with Crippen LogP contribution in [-0.4, -0.2) is 12.6 Å². The molecule has 0 amide bonds. The minimum absolute atomic E-state index is 0.716. The zero-order valence-corrected chi connectivity index (χ0v) is 10.7. The van der Waals surface area contributed by atoms with E-state index in [1.165, 1.54) is 24.1 Å². The van der Waals surface area contributed by atoms with Gasteiger partial charge in [-0.05, 0) is 49.6 Å². The summed E-state index contributed by atoms with van der Waals surface area (Å²) in [7, 11) is 0. The Balaban J connectivity index is 1.82. The first-order valence-electron chi connectivity index (χ1n) is 5.76. The van der Waals surface area contributed by atoms with Crippen molar-refractivity contribution >= 4 is 22.9 Å². The fraction of sp³-hybridized carbons (Fsp3) is 0.667. The summed E-state index contributed by atoms with van der Waals surface area (Å²) >= 11 is 7.87. The zero-order valence-electron chi connectivity index (χ0n) is 9.13. The normalized spacial score (nSPS) is 18.0. The molecule has 0 saturated heterocycles. The van der Waals surface area contributed by atoms with E-state index < -0.39 is 0 Å². The number of hydrogen-bond acceptors (Lipinski definition) is 2. The van der Waals surface area contributed by atoms with Gasteiger partial charge >= 0.3 is 0 Å². The molecule has 3 heteroatoms. The van der Waals surface area contributed by atoms with Crippen molar-refractivity contribution in [3.8, 4) is 0 Å². The van der Waals surface area contributed by atoms with Crippen molar-refractivity contribution in [2.75, 3.05) is 6.54 Å². The highest BCUT2D eigenvalue weighted by Gasteiger charge is 2.30. The molecular formula is C12H18ClNS. The van der Waals surface area contributed by atoms with Crippen molar-refractivity contribution in [2.45, 2.75) is 38.6 Å². The van der Waals surface area contributed by atoms with Gasteiger partial charge in [0, 0.05) is 10.9 Å². The lowest BCUT2D eigenvalue weighted by Gasteiger charge is -2.16. The molecule has 0 bridgehead atoms. The molecule has 2 rings (SSSR count). The van der Waals surface area contributed by atoms with Gasteiger partial charge in [0.2, 0.25) is 0 Å². The fourth-order valence-electron chi connectivity index (χ4n) is 2.06. The number of nitrogens with one attached hydrogen (secondary N) is 1. The molecule has 15 heavy (non-hydrogen) atoms. The molecule has 1 unspecified atom stereocenters. The van der Waals surface area contributed by atoms with Gasteiger partial charge in [0.1, 0.15) is 0 Å². The maximum Gasteiger partial charge on any atom is 0.0544 e. The van der Waals surface area contributed by atoms with Gasteiger partial charge in [0.15, 0.2) is 0 Å². The van der Waals surface area contributed by atoms with Crippen LogP contribution >= 0.6 is 22.9 Å². The highest BCUT2D eigenvalue weighted by Crippen LogP contribution is 2.35. The van der Waals surface area contributed by atoms with Gasteiger partial charge in [-0.1, -0.05) is 18.5 Å². The van der Waals surface area contributed by atoms with Crippen LogP contribution in [0.4, 0.5) is 0 Å². The highest BCUT2D eigenvalue weighted by molar-refractivity contribution is 7.10. The van der Waals surface area contributed by atoms with Gasteiger partial charge in [-0.3, -0.25) is 0 Å². The number of thiophene rings is 1. The van der Waals surface area contributed by atoms with Gasteiger partial charge in [0.05, 0.1) is 5.02 Å². The Bertz CT molecular complexity index is 306. The maximum absolute atomic E-state index is 6.09. The Morgan fingerprint density at radius 3 is 2.93 bits per heavy atom. The van der Waals surface area contributed by atoms with E-state index >= 15 is 0 Å². The standard InChI is InChI=1S/C12H18ClNS/c1-2-14-11(9-3-4-9)5-6-12-10(13)7-8-15-12/h7-9,11,14H,2-6H2,1H3. The maximum atomic E-state index is 6.09. The Morgan fingerprint density at radius 2 is 2.40 bits per heavy atom. The summed E-state index contributed by atoms with van der Waals surface area (Å²) in [5.41, 5.74) is 0.